The van der Waals surface area contributed by atoms with Crippen LogP contribution in [-0.4, -0.2) is 45.2 Å². The highest BCUT2D eigenvalue weighted by atomic mass is 32.2. The number of piperidine rings is 1. The van der Waals surface area contributed by atoms with Gasteiger partial charge in [-0.05, 0) is 50.6 Å². The summed E-state index contributed by atoms with van der Waals surface area (Å²) in [6.07, 6.45) is 5.67. The van der Waals surface area contributed by atoms with Crippen LogP contribution in [0.3, 0.4) is 0 Å². The second-order valence-electron chi connectivity index (χ2n) is 5.55. The first-order chi connectivity index (χ1) is 8.08. The Labute approximate surface area is 105 Å². The Hall–Kier alpha value is -0.130. The summed E-state index contributed by atoms with van der Waals surface area (Å²) in [5.74, 6) is 1.31. The van der Waals surface area contributed by atoms with Crippen molar-refractivity contribution < 1.29 is 8.42 Å². The molecule has 0 spiro atoms. The van der Waals surface area contributed by atoms with Crippen molar-refractivity contribution in [1.82, 2.24) is 9.62 Å². The second-order valence-corrected chi connectivity index (χ2v) is 7.67. The minimum atomic E-state index is -3.03. The SMILES string of the molecule is CN(CC1CCC1)S(=O)(=O)CC1CCNCC1. The van der Waals surface area contributed by atoms with Gasteiger partial charge in [0.1, 0.15) is 0 Å². The zero-order chi connectivity index (χ0) is 12.3. The van der Waals surface area contributed by atoms with Crippen molar-refractivity contribution in [1.29, 1.82) is 0 Å². The molecule has 4 nitrogen and oxygen atoms in total. The molecule has 1 saturated heterocycles. The lowest BCUT2D eigenvalue weighted by Gasteiger charge is -2.31. The van der Waals surface area contributed by atoms with Crippen molar-refractivity contribution in [2.45, 2.75) is 32.1 Å². The Balaban J connectivity index is 1.83. The van der Waals surface area contributed by atoms with Crippen LogP contribution >= 0.6 is 0 Å². The fourth-order valence-corrected chi connectivity index (χ4v) is 4.25. The van der Waals surface area contributed by atoms with Crippen molar-refractivity contribution >= 4 is 10.0 Å². The first-order valence-electron chi connectivity index (χ1n) is 6.72. The lowest BCUT2D eigenvalue weighted by molar-refractivity contribution is 0.261. The summed E-state index contributed by atoms with van der Waals surface area (Å²) in [6, 6.07) is 0. The predicted octanol–water partition coefficient (Wildman–Crippen LogP) is 1.05. The van der Waals surface area contributed by atoms with E-state index in [1.165, 1.54) is 19.3 Å². The van der Waals surface area contributed by atoms with Crippen molar-refractivity contribution in [3.8, 4) is 0 Å². The first-order valence-corrected chi connectivity index (χ1v) is 8.33. The van der Waals surface area contributed by atoms with E-state index in [0.717, 1.165) is 32.5 Å². The van der Waals surface area contributed by atoms with Gasteiger partial charge in [-0.3, -0.25) is 0 Å². The molecule has 0 amide bonds. The van der Waals surface area contributed by atoms with E-state index in [-0.39, 0.29) is 0 Å². The third-order valence-corrected chi connectivity index (χ3v) is 6.11. The Kier molecular flexibility index (Phi) is 4.44. The first kappa shape index (κ1) is 13.3. The molecule has 1 saturated carbocycles. The summed E-state index contributed by atoms with van der Waals surface area (Å²) in [4.78, 5) is 0. The topological polar surface area (TPSA) is 49.4 Å². The zero-order valence-corrected chi connectivity index (χ0v) is 11.5. The average Bonchev–Trinajstić information content (AvgIpc) is 2.24. The normalized spacial score (nSPS) is 23.9. The summed E-state index contributed by atoms with van der Waals surface area (Å²) in [5, 5.41) is 3.27. The van der Waals surface area contributed by atoms with Crippen LogP contribution in [0.15, 0.2) is 0 Å². The van der Waals surface area contributed by atoms with Crippen LogP contribution in [0.2, 0.25) is 0 Å². The number of sulfonamides is 1. The summed E-state index contributed by atoms with van der Waals surface area (Å²) >= 11 is 0. The minimum absolute atomic E-state index is 0.345. The van der Waals surface area contributed by atoms with Crippen molar-refractivity contribution in [2.24, 2.45) is 11.8 Å². The van der Waals surface area contributed by atoms with Gasteiger partial charge in [0.05, 0.1) is 5.75 Å². The molecule has 0 radical (unpaired) electrons. The number of rotatable bonds is 5. The second kappa shape index (κ2) is 5.67. The average molecular weight is 260 g/mol. The third-order valence-electron chi connectivity index (χ3n) is 4.12. The molecule has 0 bridgehead atoms. The van der Waals surface area contributed by atoms with E-state index in [1.807, 2.05) is 0 Å². The van der Waals surface area contributed by atoms with Crippen LogP contribution in [0.25, 0.3) is 0 Å². The number of nitrogens with zero attached hydrogens (tertiary/aromatic N) is 1. The summed E-state index contributed by atoms with van der Waals surface area (Å²) in [5.41, 5.74) is 0. The molecule has 17 heavy (non-hydrogen) atoms. The van der Waals surface area contributed by atoms with Gasteiger partial charge in [-0.15, -0.1) is 0 Å². The highest BCUT2D eigenvalue weighted by Crippen LogP contribution is 2.28. The standard InChI is InChI=1S/C12H24N2O2S/c1-14(9-11-3-2-4-11)17(15,16)10-12-5-7-13-8-6-12/h11-13H,2-10H2,1H3. The summed E-state index contributed by atoms with van der Waals surface area (Å²) in [7, 11) is -1.28. The molecule has 100 valence electrons. The van der Waals surface area contributed by atoms with E-state index in [4.69, 9.17) is 0 Å². The maximum atomic E-state index is 12.2. The highest BCUT2D eigenvalue weighted by molar-refractivity contribution is 7.89. The van der Waals surface area contributed by atoms with E-state index < -0.39 is 10.0 Å². The number of hydrogen-bond acceptors (Lipinski definition) is 3. The van der Waals surface area contributed by atoms with Crippen LogP contribution < -0.4 is 5.32 Å². The Morgan fingerprint density at radius 1 is 1.12 bits per heavy atom. The largest absolute Gasteiger partial charge is 0.317 e. The Bertz CT molecular complexity index is 332. The molecule has 0 atom stereocenters. The maximum Gasteiger partial charge on any atom is 0.214 e. The van der Waals surface area contributed by atoms with Gasteiger partial charge in [-0.25, -0.2) is 12.7 Å². The molecule has 0 unspecified atom stereocenters. The molecule has 0 aromatic carbocycles. The molecule has 2 aliphatic rings. The van der Waals surface area contributed by atoms with E-state index in [9.17, 15) is 8.42 Å². The number of hydrogen-bond donors (Lipinski definition) is 1. The highest BCUT2D eigenvalue weighted by Gasteiger charge is 2.28. The number of nitrogens with one attached hydrogen (secondary N) is 1. The van der Waals surface area contributed by atoms with Crippen LogP contribution in [-0.2, 0) is 10.0 Å². The zero-order valence-electron chi connectivity index (χ0n) is 10.7. The van der Waals surface area contributed by atoms with E-state index >= 15 is 0 Å². The molecule has 0 aromatic heterocycles. The quantitative estimate of drug-likeness (QED) is 0.804. The lowest BCUT2D eigenvalue weighted by Crippen LogP contribution is -2.39. The van der Waals surface area contributed by atoms with Crippen LogP contribution in [0, 0.1) is 11.8 Å². The van der Waals surface area contributed by atoms with Gasteiger partial charge in [0.15, 0.2) is 0 Å². The van der Waals surface area contributed by atoms with E-state index in [1.54, 1.807) is 11.4 Å². The van der Waals surface area contributed by atoms with Crippen molar-refractivity contribution in [2.75, 3.05) is 32.4 Å². The molecular formula is C12H24N2O2S. The van der Waals surface area contributed by atoms with Gasteiger partial charge < -0.3 is 5.32 Å². The van der Waals surface area contributed by atoms with E-state index in [2.05, 4.69) is 5.32 Å². The van der Waals surface area contributed by atoms with Crippen LogP contribution in [0.4, 0.5) is 0 Å². The van der Waals surface area contributed by atoms with Crippen molar-refractivity contribution in [3.05, 3.63) is 0 Å². The Morgan fingerprint density at radius 2 is 1.76 bits per heavy atom. The summed E-state index contributed by atoms with van der Waals surface area (Å²) < 4.78 is 26.0. The van der Waals surface area contributed by atoms with Crippen molar-refractivity contribution in [3.63, 3.8) is 0 Å². The summed E-state index contributed by atoms with van der Waals surface area (Å²) in [6.45, 7) is 2.66. The Morgan fingerprint density at radius 3 is 2.29 bits per heavy atom. The minimum Gasteiger partial charge on any atom is -0.317 e. The molecule has 1 aliphatic carbocycles. The van der Waals surface area contributed by atoms with Gasteiger partial charge in [-0.1, -0.05) is 6.42 Å². The molecule has 1 heterocycles. The van der Waals surface area contributed by atoms with Gasteiger partial charge in [-0.2, -0.15) is 0 Å². The molecule has 2 rings (SSSR count). The van der Waals surface area contributed by atoms with Crippen LogP contribution in [0.5, 0.6) is 0 Å². The maximum absolute atomic E-state index is 12.2. The van der Waals surface area contributed by atoms with Gasteiger partial charge in [0, 0.05) is 13.6 Å². The van der Waals surface area contributed by atoms with Crippen LogP contribution in [0.1, 0.15) is 32.1 Å². The fourth-order valence-electron chi connectivity index (χ4n) is 2.63. The van der Waals surface area contributed by atoms with Gasteiger partial charge in [0.25, 0.3) is 0 Å². The molecular weight excluding hydrogens is 236 g/mol. The molecule has 2 fully saturated rings. The fraction of sp³-hybridized carbons (Fsp3) is 1.00. The molecule has 1 N–H and O–H groups in total. The lowest BCUT2D eigenvalue weighted by atomic mass is 9.86. The predicted molar refractivity (Wildman–Crippen MR) is 69.4 cm³/mol. The smallest absolute Gasteiger partial charge is 0.214 e. The molecule has 0 aromatic rings. The molecule has 5 heteroatoms. The van der Waals surface area contributed by atoms with Gasteiger partial charge in [0.2, 0.25) is 10.0 Å². The third kappa shape index (κ3) is 3.66. The molecule has 1 aliphatic heterocycles. The monoisotopic (exact) mass is 260 g/mol. The van der Waals surface area contributed by atoms with Gasteiger partial charge >= 0.3 is 0 Å². The van der Waals surface area contributed by atoms with E-state index in [0.29, 0.717) is 17.6 Å².